The Morgan fingerprint density at radius 3 is 2.53 bits per heavy atom. The summed E-state index contributed by atoms with van der Waals surface area (Å²) in [5.74, 6) is -0.891. The first-order valence-corrected chi connectivity index (χ1v) is 6.40. The lowest BCUT2D eigenvalue weighted by molar-refractivity contribution is 0.0607. The average molecular weight is 276 g/mol. The van der Waals surface area contributed by atoms with Crippen molar-refractivity contribution >= 4 is 23.1 Å². The number of benzene rings is 1. The van der Waals surface area contributed by atoms with Crippen molar-refractivity contribution in [1.82, 2.24) is 0 Å². The van der Waals surface area contributed by atoms with E-state index < -0.39 is 18.4 Å². The second kappa shape index (κ2) is 5.77. The number of aliphatic hydroxyl groups excluding tert-OH is 1. The van der Waals surface area contributed by atoms with Crippen molar-refractivity contribution in [3.63, 3.8) is 0 Å². The summed E-state index contributed by atoms with van der Waals surface area (Å²) < 4.78 is 4.72. The first kappa shape index (κ1) is 13.5. The van der Waals surface area contributed by atoms with Crippen LogP contribution in [0.25, 0.3) is 11.1 Å². The zero-order valence-electron chi connectivity index (χ0n) is 10.3. The molecule has 0 aliphatic heterocycles. The number of ketones is 1. The average Bonchev–Trinajstić information content (AvgIpc) is 2.91. The molecule has 1 heterocycles. The van der Waals surface area contributed by atoms with Crippen LogP contribution in [0.1, 0.15) is 19.3 Å². The van der Waals surface area contributed by atoms with Crippen LogP contribution in [0, 0.1) is 0 Å². The third-order valence-electron chi connectivity index (χ3n) is 2.61. The van der Waals surface area contributed by atoms with Crippen molar-refractivity contribution < 1.29 is 19.4 Å². The Bertz CT molecular complexity index is 601. The first-order valence-electron chi connectivity index (χ1n) is 5.59. The SMILES string of the molecule is COC(=O)c1sc(C(=O)CO)cc1-c1ccccc1. The van der Waals surface area contributed by atoms with Gasteiger partial charge in [-0.2, -0.15) is 0 Å². The van der Waals surface area contributed by atoms with Crippen molar-refractivity contribution in [2.45, 2.75) is 0 Å². The van der Waals surface area contributed by atoms with Crippen LogP contribution in [0.2, 0.25) is 0 Å². The standard InChI is InChI=1S/C14H12O4S/c1-18-14(17)13-10(9-5-3-2-4-6-9)7-12(19-13)11(16)8-15/h2-7,15H,8H2,1H3. The Labute approximate surface area is 114 Å². The highest BCUT2D eigenvalue weighted by Gasteiger charge is 2.20. The summed E-state index contributed by atoms with van der Waals surface area (Å²) in [7, 11) is 1.30. The molecule has 0 aliphatic rings. The number of hydrogen-bond donors (Lipinski definition) is 1. The van der Waals surface area contributed by atoms with Gasteiger partial charge in [0.15, 0.2) is 5.78 Å². The van der Waals surface area contributed by atoms with Crippen LogP contribution < -0.4 is 0 Å². The molecule has 0 bridgehead atoms. The molecule has 0 saturated heterocycles. The summed E-state index contributed by atoms with van der Waals surface area (Å²) in [6, 6.07) is 10.9. The quantitative estimate of drug-likeness (QED) is 0.688. The predicted molar refractivity (Wildman–Crippen MR) is 72.5 cm³/mol. The van der Waals surface area contributed by atoms with Gasteiger partial charge in [-0.15, -0.1) is 11.3 Å². The number of thiophene rings is 1. The summed E-state index contributed by atoms with van der Waals surface area (Å²) >= 11 is 1.04. The number of ether oxygens (including phenoxy) is 1. The van der Waals surface area contributed by atoms with Gasteiger partial charge >= 0.3 is 5.97 Å². The van der Waals surface area contributed by atoms with Crippen molar-refractivity contribution in [3.05, 3.63) is 46.2 Å². The topological polar surface area (TPSA) is 63.6 Å². The largest absolute Gasteiger partial charge is 0.465 e. The summed E-state index contributed by atoms with van der Waals surface area (Å²) in [5.41, 5.74) is 1.48. The van der Waals surface area contributed by atoms with Gasteiger partial charge in [0.25, 0.3) is 0 Å². The number of esters is 1. The fraction of sp³-hybridized carbons (Fsp3) is 0.143. The van der Waals surface area contributed by atoms with Gasteiger partial charge in [0.05, 0.1) is 12.0 Å². The molecule has 98 valence electrons. The molecule has 0 atom stereocenters. The fourth-order valence-corrected chi connectivity index (χ4v) is 2.71. The lowest BCUT2D eigenvalue weighted by Gasteiger charge is -2.01. The molecule has 19 heavy (non-hydrogen) atoms. The lowest BCUT2D eigenvalue weighted by Crippen LogP contribution is -2.01. The van der Waals surface area contributed by atoms with E-state index in [0.29, 0.717) is 15.3 Å². The Kier molecular flexibility index (Phi) is 4.09. The van der Waals surface area contributed by atoms with Gasteiger partial charge in [0.1, 0.15) is 11.5 Å². The summed E-state index contributed by atoms with van der Waals surface area (Å²) in [6.07, 6.45) is 0. The summed E-state index contributed by atoms with van der Waals surface area (Å²) in [5, 5.41) is 8.90. The Balaban J connectivity index is 2.55. The molecule has 2 aromatic rings. The van der Waals surface area contributed by atoms with Gasteiger partial charge in [-0.25, -0.2) is 4.79 Å². The molecule has 0 saturated carbocycles. The highest BCUT2D eigenvalue weighted by molar-refractivity contribution is 7.16. The molecule has 1 aromatic heterocycles. The molecular formula is C14H12O4S. The summed E-state index contributed by atoms with van der Waals surface area (Å²) in [6.45, 7) is -0.574. The van der Waals surface area contributed by atoms with Gasteiger partial charge in [-0.05, 0) is 11.6 Å². The van der Waals surface area contributed by atoms with Gasteiger partial charge < -0.3 is 9.84 Å². The van der Waals surface area contributed by atoms with Gasteiger partial charge in [0.2, 0.25) is 0 Å². The van der Waals surface area contributed by atoms with E-state index in [-0.39, 0.29) is 0 Å². The smallest absolute Gasteiger partial charge is 0.348 e. The second-order valence-corrected chi connectivity index (χ2v) is 4.84. The molecule has 0 aliphatic carbocycles. The number of carbonyl (C=O) groups excluding carboxylic acids is 2. The van der Waals surface area contributed by atoms with E-state index in [2.05, 4.69) is 0 Å². The van der Waals surface area contributed by atoms with E-state index in [9.17, 15) is 9.59 Å². The van der Waals surface area contributed by atoms with Crippen molar-refractivity contribution in [3.8, 4) is 11.1 Å². The third kappa shape index (κ3) is 2.72. The zero-order valence-corrected chi connectivity index (χ0v) is 11.1. The number of carbonyl (C=O) groups is 2. The first-order chi connectivity index (χ1) is 9.17. The third-order valence-corrected chi connectivity index (χ3v) is 3.76. The van der Waals surface area contributed by atoms with Crippen LogP contribution in [0.4, 0.5) is 0 Å². The minimum Gasteiger partial charge on any atom is -0.465 e. The van der Waals surface area contributed by atoms with E-state index in [1.807, 2.05) is 30.3 Å². The molecular weight excluding hydrogens is 264 g/mol. The van der Waals surface area contributed by atoms with Crippen LogP contribution in [0.5, 0.6) is 0 Å². The molecule has 0 fully saturated rings. The van der Waals surface area contributed by atoms with E-state index in [1.165, 1.54) is 7.11 Å². The van der Waals surface area contributed by atoms with Crippen LogP contribution in [-0.4, -0.2) is 30.6 Å². The zero-order chi connectivity index (χ0) is 13.8. The van der Waals surface area contributed by atoms with Crippen LogP contribution in [0.15, 0.2) is 36.4 Å². The van der Waals surface area contributed by atoms with Crippen LogP contribution in [-0.2, 0) is 4.74 Å². The van der Waals surface area contributed by atoms with Crippen molar-refractivity contribution in [2.24, 2.45) is 0 Å². The van der Waals surface area contributed by atoms with Gasteiger partial charge in [-0.1, -0.05) is 30.3 Å². The van der Waals surface area contributed by atoms with Crippen molar-refractivity contribution in [1.29, 1.82) is 0 Å². The highest BCUT2D eigenvalue weighted by atomic mass is 32.1. The van der Waals surface area contributed by atoms with Crippen molar-refractivity contribution in [2.75, 3.05) is 13.7 Å². The molecule has 0 spiro atoms. The van der Waals surface area contributed by atoms with E-state index in [1.54, 1.807) is 6.07 Å². The number of methoxy groups -OCH3 is 1. The minimum atomic E-state index is -0.574. The molecule has 4 nitrogen and oxygen atoms in total. The molecule has 5 heteroatoms. The van der Waals surface area contributed by atoms with Gasteiger partial charge in [0, 0.05) is 5.56 Å². The maximum absolute atomic E-state index is 11.7. The Morgan fingerprint density at radius 2 is 1.95 bits per heavy atom. The normalized spacial score (nSPS) is 10.2. The fourth-order valence-electron chi connectivity index (χ4n) is 1.68. The Morgan fingerprint density at radius 1 is 1.26 bits per heavy atom. The molecule has 2 rings (SSSR count). The maximum Gasteiger partial charge on any atom is 0.348 e. The van der Waals surface area contributed by atoms with Crippen LogP contribution in [0.3, 0.4) is 0 Å². The number of hydrogen-bond acceptors (Lipinski definition) is 5. The number of rotatable bonds is 4. The minimum absolute atomic E-state index is 0.349. The van der Waals surface area contributed by atoms with E-state index in [4.69, 9.17) is 9.84 Å². The second-order valence-electron chi connectivity index (χ2n) is 3.79. The monoisotopic (exact) mass is 276 g/mol. The van der Waals surface area contributed by atoms with Crippen LogP contribution >= 0.6 is 11.3 Å². The molecule has 1 N–H and O–H groups in total. The predicted octanol–water partition coefficient (Wildman–Crippen LogP) is 2.38. The molecule has 0 amide bonds. The maximum atomic E-state index is 11.7. The molecule has 0 radical (unpaired) electrons. The molecule has 1 aromatic carbocycles. The summed E-state index contributed by atoms with van der Waals surface area (Å²) in [4.78, 5) is 24.0. The lowest BCUT2D eigenvalue weighted by atomic mass is 10.1. The van der Waals surface area contributed by atoms with E-state index >= 15 is 0 Å². The Hall–Kier alpha value is -1.98. The molecule has 0 unspecified atom stereocenters. The van der Waals surface area contributed by atoms with Gasteiger partial charge in [-0.3, -0.25) is 4.79 Å². The van der Waals surface area contributed by atoms with E-state index in [0.717, 1.165) is 16.9 Å². The highest BCUT2D eigenvalue weighted by Crippen LogP contribution is 2.32. The number of aliphatic hydroxyl groups is 1. The number of Topliss-reactive ketones (excluding diaryl/α,β-unsaturated/α-hetero) is 1.